The van der Waals surface area contributed by atoms with Crippen molar-refractivity contribution in [3.8, 4) is 0 Å². The van der Waals surface area contributed by atoms with Crippen LogP contribution in [0.25, 0.3) is 0 Å². The number of nitro benzene ring substituents is 1. The van der Waals surface area contributed by atoms with E-state index in [1.165, 1.54) is 6.07 Å². The number of aryl methyl sites for hydroxylation is 1. The zero-order valence-electron chi connectivity index (χ0n) is 10.5. The van der Waals surface area contributed by atoms with Crippen LogP contribution < -0.4 is 0 Å². The monoisotopic (exact) mass is 247 g/mol. The number of hydrogen-bond donors (Lipinski definition) is 0. The minimum absolute atomic E-state index is 0.111. The van der Waals surface area contributed by atoms with E-state index in [0.717, 1.165) is 31.2 Å². The van der Waals surface area contributed by atoms with Gasteiger partial charge in [0.25, 0.3) is 5.69 Å². The molecule has 0 amide bonds. The van der Waals surface area contributed by atoms with Gasteiger partial charge in [0.1, 0.15) is 5.78 Å². The van der Waals surface area contributed by atoms with Crippen LogP contribution >= 0.6 is 0 Å². The largest absolute Gasteiger partial charge is 0.299 e. The van der Waals surface area contributed by atoms with E-state index >= 15 is 0 Å². The Morgan fingerprint density at radius 3 is 2.78 bits per heavy atom. The molecule has 1 aliphatic rings. The summed E-state index contributed by atoms with van der Waals surface area (Å²) in [7, 11) is 0. The lowest BCUT2D eigenvalue weighted by molar-refractivity contribution is -0.385. The van der Waals surface area contributed by atoms with Gasteiger partial charge in [0.2, 0.25) is 0 Å². The van der Waals surface area contributed by atoms with Crippen molar-refractivity contribution in [1.82, 2.24) is 0 Å². The van der Waals surface area contributed by atoms with Gasteiger partial charge in [-0.2, -0.15) is 0 Å². The number of carbonyl (C=O) groups excluding carboxylic acids is 1. The number of ketones is 1. The summed E-state index contributed by atoms with van der Waals surface area (Å²) >= 11 is 0. The van der Waals surface area contributed by atoms with Gasteiger partial charge >= 0.3 is 0 Å². The second-order valence-electron chi connectivity index (χ2n) is 4.99. The number of benzene rings is 1. The lowest BCUT2D eigenvalue weighted by Gasteiger charge is -2.20. The topological polar surface area (TPSA) is 60.2 Å². The van der Waals surface area contributed by atoms with E-state index in [1.54, 1.807) is 13.0 Å². The molecular formula is C14H17NO3. The molecule has 0 aliphatic heterocycles. The van der Waals surface area contributed by atoms with E-state index in [4.69, 9.17) is 0 Å². The first-order valence-electron chi connectivity index (χ1n) is 6.34. The molecule has 0 aromatic heterocycles. The predicted molar refractivity (Wildman–Crippen MR) is 68.5 cm³/mol. The van der Waals surface area contributed by atoms with Crippen LogP contribution in [0.4, 0.5) is 5.69 Å². The fraction of sp³-hybridized carbons (Fsp3) is 0.500. The minimum Gasteiger partial charge on any atom is -0.299 e. The molecule has 4 heteroatoms. The maximum atomic E-state index is 11.8. The molecule has 0 radical (unpaired) electrons. The maximum absolute atomic E-state index is 11.8. The molecule has 0 bridgehead atoms. The Bertz CT molecular complexity index is 482. The summed E-state index contributed by atoms with van der Waals surface area (Å²) in [5.74, 6) is 0.455. The Kier molecular flexibility index (Phi) is 3.75. The molecule has 0 heterocycles. The van der Waals surface area contributed by atoms with Gasteiger partial charge < -0.3 is 0 Å². The predicted octanol–water partition coefficient (Wildman–Crippen LogP) is 3.21. The Labute approximate surface area is 106 Å². The molecule has 4 nitrogen and oxygen atoms in total. The normalized spacial score (nSPS) is 19.8. The highest BCUT2D eigenvalue weighted by Gasteiger charge is 2.22. The van der Waals surface area contributed by atoms with Gasteiger partial charge in [-0.3, -0.25) is 14.9 Å². The summed E-state index contributed by atoms with van der Waals surface area (Å²) in [5, 5.41) is 10.7. The summed E-state index contributed by atoms with van der Waals surface area (Å²) < 4.78 is 0. The van der Waals surface area contributed by atoms with Gasteiger partial charge in [-0.05, 0) is 37.8 Å². The molecule has 1 aliphatic carbocycles. The Morgan fingerprint density at radius 1 is 1.39 bits per heavy atom. The van der Waals surface area contributed by atoms with Crippen molar-refractivity contribution in [1.29, 1.82) is 0 Å². The van der Waals surface area contributed by atoms with E-state index in [2.05, 4.69) is 0 Å². The zero-order valence-corrected chi connectivity index (χ0v) is 10.5. The van der Waals surface area contributed by atoms with E-state index in [9.17, 15) is 14.9 Å². The SMILES string of the molecule is Cc1cc(CC2CCCCC2=O)ccc1[N+](=O)[O-]. The van der Waals surface area contributed by atoms with Crippen LogP contribution in [0.2, 0.25) is 0 Å². The van der Waals surface area contributed by atoms with E-state index in [1.807, 2.05) is 6.07 Å². The van der Waals surface area contributed by atoms with Crippen LogP contribution in [-0.4, -0.2) is 10.7 Å². The molecule has 0 spiro atoms. The third kappa shape index (κ3) is 2.75. The van der Waals surface area contributed by atoms with Crippen LogP contribution in [0.1, 0.15) is 36.8 Å². The number of nitro groups is 1. The van der Waals surface area contributed by atoms with Crippen LogP contribution in [-0.2, 0) is 11.2 Å². The van der Waals surface area contributed by atoms with Gasteiger partial charge in [0, 0.05) is 24.0 Å². The van der Waals surface area contributed by atoms with E-state index in [0.29, 0.717) is 17.8 Å². The number of Topliss-reactive ketones (excluding diaryl/α,β-unsaturated/α-hetero) is 1. The first-order valence-corrected chi connectivity index (χ1v) is 6.34. The molecule has 1 aromatic rings. The molecule has 1 saturated carbocycles. The molecule has 0 N–H and O–H groups in total. The van der Waals surface area contributed by atoms with Crippen LogP contribution in [0.3, 0.4) is 0 Å². The molecule has 1 aromatic carbocycles. The second kappa shape index (κ2) is 5.29. The lowest BCUT2D eigenvalue weighted by Crippen LogP contribution is -2.21. The Morgan fingerprint density at radius 2 is 2.17 bits per heavy atom. The number of nitrogens with zero attached hydrogens (tertiary/aromatic N) is 1. The Balaban J connectivity index is 2.12. The summed E-state index contributed by atoms with van der Waals surface area (Å²) in [6, 6.07) is 5.14. The van der Waals surface area contributed by atoms with E-state index in [-0.39, 0.29) is 16.5 Å². The first-order chi connectivity index (χ1) is 8.58. The van der Waals surface area contributed by atoms with Crippen molar-refractivity contribution < 1.29 is 9.72 Å². The van der Waals surface area contributed by atoms with Crippen LogP contribution in [0, 0.1) is 23.0 Å². The summed E-state index contributed by atoms with van der Waals surface area (Å²) in [4.78, 5) is 22.1. The van der Waals surface area contributed by atoms with Gasteiger partial charge in [-0.25, -0.2) is 0 Å². The maximum Gasteiger partial charge on any atom is 0.272 e. The third-order valence-corrected chi connectivity index (χ3v) is 3.62. The van der Waals surface area contributed by atoms with Crippen LogP contribution in [0.15, 0.2) is 18.2 Å². The highest BCUT2D eigenvalue weighted by Crippen LogP contribution is 2.26. The van der Waals surface area contributed by atoms with Crippen molar-refractivity contribution >= 4 is 11.5 Å². The third-order valence-electron chi connectivity index (χ3n) is 3.62. The van der Waals surface area contributed by atoms with Crippen molar-refractivity contribution in [2.75, 3.05) is 0 Å². The van der Waals surface area contributed by atoms with E-state index < -0.39 is 0 Å². The van der Waals surface area contributed by atoms with Crippen molar-refractivity contribution in [2.45, 2.75) is 39.0 Å². The summed E-state index contributed by atoms with van der Waals surface area (Å²) in [6.07, 6.45) is 4.49. The first kappa shape index (κ1) is 12.7. The fourth-order valence-corrected chi connectivity index (χ4v) is 2.60. The Hall–Kier alpha value is -1.71. The minimum atomic E-state index is -0.370. The molecule has 1 unspecified atom stereocenters. The van der Waals surface area contributed by atoms with Gasteiger partial charge in [0.05, 0.1) is 4.92 Å². The summed E-state index contributed by atoms with van der Waals surface area (Å²) in [5.41, 5.74) is 1.84. The van der Waals surface area contributed by atoms with Crippen LogP contribution in [0.5, 0.6) is 0 Å². The molecule has 18 heavy (non-hydrogen) atoms. The van der Waals surface area contributed by atoms with Gasteiger partial charge in [-0.1, -0.05) is 12.5 Å². The zero-order chi connectivity index (χ0) is 13.1. The number of carbonyl (C=O) groups is 1. The lowest BCUT2D eigenvalue weighted by atomic mass is 9.83. The molecule has 96 valence electrons. The quantitative estimate of drug-likeness (QED) is 0.608. The molecule has 1 fully saturated rings. The van der Waals surface area contributed by atoms with Gasteiger partial charge in [-0.15, -0.1) is 0 Å². The second-order valence-corrected chi connectivity index (χ2v) is 4.99. The van der Waals surface area contributed by atoms with Gasteiger partial charge in [0.15, 0.2) is 0 Å². The smallest absolute Gasteiger partial charge is 0.272 e. The average molecular weight is 247 g/mol. The van der Waals surface area contributed by atoms with Crippen molar-refractivity contribution in [2.24, 2.45) is 5.92 Å². The highest BCUT2D eigenvalue weighted by atomic mass is 16.6. The molecule has 2 rings (SSSR count). The molecular weight excluding hydrogens is 230 g/mol. The number of rotatable bonds is 3. The molecule has 0 saturated heterocycles. The average Bonchev–Trinajstić information content (AvgIpc) is 2.32. The fourth-order valence-electron chi connectivity index (χ4n) is 2.60. The summed E-state index contributed by atoms with van der Waals surface area (Å²) in [6.45, 7) is 1.74. The van der Waals surface area contributed by atoms with Crippen molar-refractivity contribution in [3.05, 3.63) is 39.4 Å². The number of hydrogen-bond acceptors (Lipinski definition) is 3. The standard InChI is InChI=1S/C14H17NO3/c1-10-8-11(6-7-13(10)15(17)18)9-12-4-2-3-5-14(12)16/h6-8,12H,2-5,9H2,1H3. The highest BCUT2D eigenvalue weighted by molar-refractivity contribution is 5.81. The van der Waals surface area contributed by atoms with Crippen molar-refractivity contribution in [3.63, 3.8) is 0 Å². The molecule has 1 atom stereocenters.